The highest BCUT2D eigenvalue weighted by Gasteiger charge is 2.71. The molecule has 3 rings (SSSR count). The molecule has 0 radical (unpaired) electrons. The first kappa shape index (κ1) is 38.6. The highest BCUT2D eigenvalue weighted by atomic mass is 16.7. The van der Waals surface area contributed by atoms with Crippen molar-refractivity contribution >= 4 is 53.7 Å². The Bertz CT molecular complexity index is 1400. The number of hydrogen-bond acceptors (Lipinski definition) is 19. The Labute approximate surface area is 279 Å². The standard InChI is InChI=1S/C29H38N2O18/c1-11(32)31-25-22(23(45-16(6)37)26(47-18(8)39)29(25,40)10-42-13(3)34)49-28(31)30-27-24(46-17(7)38)21(44-15(5)36)20(43-14(4)35)19(48-27)9-41-12(2)33/h19-27,40H,9-10H2,1-8H3/b30-28-/t19-,20-,21+,22+,23-,24-,25+,26+,27+,29-/m1/s1. The molecule has 1 N–H and O–H groups in total. The van der Waals surface area contributed by atoms with Crippen molar-refractivity contribution in [2.45, 2.75) is 116 Å². The Morgan fingerprint density at radius 2 is 1.16 bits per heavy atom. The van der Waals surface area contributed by atoms with Gasteiger partial charge >= 0.3 is 41.8 Å². The summed E-state index contributed by atoms with van der Waals surface area (Å²) in [4.78, 5) is 103. The predicted molar refractivity (Wildman–Crippen MR) is 153 cm³/mol. The average molecular weight is 703 g/mol. The molecule has 3 fully saturated rings. The molecule has 20 heteroatoms. The van der Waals surface area contributed by atoms with Gasteiger partial charge in [-0.25, -0.2) is 0 Å². The molecule has 1 amide bonds. The summed E-state index contributed by atoms with van der Waals surface area (Å²) in [6.07, 6.45) is -12.8. The Balaban J connectivity index is 2.22. The van der Waals surface area contributed by atoms with Gasteiger partial charge in [0.15, 0.2) is 48.5 Å². The molecule has 0 aromatic rings. The molecule has 3 aliphatic rings. The van der Waals surface area contributed by atoms with Gasteiger partial charge in [-0.2, -0.15) is 4.99 Å². The highest BCUT2D eigenvalue weighted by molar-refractivity contribution is 5.96. The van der Waals surface area contributed by atoms with E-state index in [4.69, 9.17) is 42.6 Å². The molecular formula is C29H38N2O18. The number of rotatable bonds is 10. The van der Waals surface area contributed by atoms with E-state index in [1.807, 2.05) is 0 Å². The molecular weight excluding hydrogens is 664 g/mol. The van der Waals surface area contributed by atoms with Crippen molar-refractivity contribution < 1.29 is 86.1 Å². The van der Waals surface area contributed by atoms with Crippen molar-refractivity contribution in [1.82, 2.24) is 4.90 Å². The van der Waals surface area contributed by atoms with Gasteiger partial charge in [0.2, 0.25) is 5.91 Å². The Morgan fingerprint density at radius 3 is 1.65 bits per heavy atom. The Hall–Kier alpha value is -4.85. The number of hydrogen-bond donors (Lipinski definition) is 1. The van der Waals surface area contributed by atoms with E-state index in [2.05, 4.69) is 4.99 Å². The van der Waals surface area contributed by atoms with Gasteiger partial charge in [0, 0.05) is 55.4 Å². The van der Waals surface area contributed by atoms with Crippen LogP contribution in [0.2, 0.25) is 0 Å². The first-order chi connectivity index (χ1) is 22.8. The van der Waals surface area contributed by atoms with E-state index < -0.39 is 128 Å². The Morgan fingerprint density at radius 1 is 0.673 bits per heavy atom. The number of aliphatic hydroxyl groups is 1. The zero-order valence-electron chi connectivity index (χ0n) is 27.9. The van der Waals surface area contributed by atoms with E-state index in [1.165, 1.54) is 0 Å². The lowest BCUT2D eigenvalue weighted by Crippen LogP contribution is -2.62. The van der Waals surface area contributed by atoms with Gasteiger partial charge in [0.1, 0.15) is 25.4 Å². The third-order valence-corrected chi connectivity index (χ3v) is 7.31. The van der Waals surface area contributed by atoms with Crippen molar-refractivity contribution in [1.29, 1.82) is 0 Å². The summed E-state index contributed by atoms with van der Waals surface area (Å²) in [7, 11) is 0. The second-order valence-corrected chi connectivity index (χ2v) is 11.3. The number of carbonyl (C=O) groups excluding carboxylic acids is 8. The zero-order valence-corrected chi connectivity index (χ0v) is 27.9. The van der Waals surface area contributed by atoms with Gasteiger partial charge in [-0.05, 0) is 0 Å². The molecule has 2 aliphatic heterocycles. The monoisotopic (exact) mass is 702 g/mol. The van der Waals surface area contributed by atoms with Crippen LogP contribution in [0.25, 0.3) is 0 Å². The van der Waals surface area contributed by atoms with Gasteiger partial charge in [0.05, 0.1) is 0 Å². The normalized spacial score (nSPS) is 32.6. The minimum atomic E-state index is -2.47. The minimum absolute atomic E-state index is 0.581. The van der Waals surface area contributed by atoms with Crippen LogP contribution in [-0.4, -0.2) is 138 Å². The molecule has 1 saturated carbocycles. The lowest BCUT2D eigenvalue weighted by atomic mass is 9.94. The summed E-state index contributed by atoms with van der Waals surface area (Å²) in [5.41, 5.74) is -2.47. The fourth-order valence-corrected chi connectivity index (χ4v) is 5.78. The van der Waals surface area contributed by atoms with Crippen LogP contribution in [0.3, 0.4) is 0 Å². The SMILES string of the molecule is CC(=O)OC[C@H]1O[C@H](/N=C2\O[C@H]3[C@@H](OC(C)=O)[C@H](OC(C)=O)[C@@](O)(COC(C)=O)[C@H]3N2C(C)=O)[C@H](OC(C)=O)[C@@H](OC(C)=O)[C@@H]1OC(C)=O. The van der Waals surface area contributed by atoms with Gasteiger partial charge in [-0.3, -0.25) is 43.3 Å². The molecule has 10 atom stereocenters. The largest absolute Gasteiger partial charge is 0.463 e. The van der Waals surface area contributed by atoms with Crippen molar-refractivity contribution in [3.63, 3.8) is 0 Å². The number of esters is 7. The van der Waals surface area contributed by atoms with Crippen molar-refractivity contribution in [3.05, 3.63) is 0 Å². The quantitative estimate of drug-likeness (QED) is 0.195. The summed E-state index contributed by atoms with van der Waals surface area (Å²) < 4.78 is 48.9. The number of carbonyl (C=O) groups is 8. The summed E-state index contributed by atoms with van der Waals surface area (Å²) in [6, 6.07) is -2.22. The summed E-state index contributed by atoms with van der Waals surface area (Å²) in [6.45, 7) is 6.79. The second kappa shape index (κ2) is 15.6. The topological polar surface area (TPSA) is 255 Å². The average Bonchev–Trinajstić information content (AvgIpc) is 3.42. The molecule has 20 nitrogen and oxygen atoms in total. The van der Waals surface area contributed by atoms with Gasteiger partial charge in [0.25, 0.3) is 6.02 Å². The molecule has 0 unspecified atom stereocenters. The van der Waals surface area contributed by atoms with E-state index in [0.29, 0.717) is 0 Å². The summed E-state index contributed by atoms with van der Waals surface area (Å²) >= 11 is 0. The minimum Gasteiger partial charge on any atom is -0.463 e. The molecule has 1 aliphatic carbocycles. The molecule has 49 heavy (non-hydrogen) atoms. The van der Waals surface area contributed by atoms with Crippen molar-refractivity contribution in [2.75, 3.05) is 13.2 Å². The smallest absolute Gasteiger partial charge is 0.303 e. The summed E-state index contributed by atoms with van der Waals surface area (Å²) in [5.74, 6) is -7.01. The molecule has 0 spiro atoms. The van der Waals surface area contributed by atoms with Gasteiger partial charge < -0.3 is 47.7 Å². The Kier molecular flexibility index (Phi) is 12.3. The van der Waals surface area contributed by atoms with Gasteiger partial charge in [-0.15, -0.1) is 0 Å². The van der Waals surface area contributed by atoms with E-state index in [0.717, 1.165) is 60.3 Å². The highest BCUT2D eigenvalue weighted by Crippen LogP contribution is 2.45. The predicted octanol–water partition coefficient (Wildman–Crippen LogP) is -1.79. The fraction of sp³-hybridized carbons (Fsp3) is 0.690. The van der Waals surface area contributed by atoms with Crippen LogP contribution in [-0.2, 0) is 81.0 Å². The van der Waals surface area contributed by atoms with Crippen molar-refractivity contribution in [3.8, 4) is 0 Å². The number of nitrogens with zero attached hydrogens (tertiary/aromatic N) is 2. The maximum atomic E-state index is 13.2. The van der Waals surface area contributed by atoms with E-state index >= 15 is 0 Å². The van der Waals surface area contributed by atoms with E-state index in [9.17, 15) is 43.5 Å². The number of fused-ring (bicyclic) bond motifs is 1. The van der Waals surface area contributed by atoms with Crippen LogP contribution in [0.4, 0.5) is 0 Å². The molecule has 272 valence electrons. The second-order valence-electron chi connectivity index (χ2n) is 11.3. The summed E-state index contributed by atoms with van der Waals surface area (Å²) in [5, 5.41) is 12.0. The molecule has 0 aromatic heterocycles. The van der Waals surface area contributed by atoms with Crippen LogP contribution in [0, 0.1) is 0 Å². The first-order valence-corrected chi connectivity index (χ1v) is 14.8. The first-order valence-electron chi connectivity index (χ1n) is 14.8. The molecule has 0 bridgehead atoms. The maximum absolute atomic E-state index is 13.2. The van der Waals surface area contributed by atoms with Gasteiger partial charge in [-0.1, -0.05) is 0 Å². The van der Waals surface area contributed by atoms with E-state index in [-0.39, 0.29) is 0 Å². The third-order valence-electron chi connectivity index (χ3n) is 7.31. The van der Waals surface area contributed by atoms with Crippen LogP contribution >= 0.6 is 0 Å². The molecule has 0 aromatic carbocycles. The number of amides is 1. The molecule has 2 saturated heterocycles. The van der Waals surface area contributed by atoms with Crippen LogP contribution in [0.15, 0.2) is 4.99 Å². The third kappa shape index (κ3) is 8.99. The zero-order chi connectivity index (χ0) is 37.0. The van der Waals surface area contributed by atoms with Crippen molar-refractivity contribution in [2.24, 2.45) is 4.99 Å². The fourth-order valence-electron chi connectivity index (χ4n) is 5.78. The van der Waals surface area contributed by atoms with Crippen LogP contribution < -0.4 is 0 Å². The molecule has 2 heterocycles. The maximum Gasteiger partial charge on any atom is 0.303 e. The number of amidine groups is 1. The van der Waals surface area contributed by atoms with Crippen LogP contribution in [0.5, 0.6) is 0 Å². The van der Waals surface area contributed by atoms with Crippen LogP contribution in [0.1, 0.15) is 55.4 Å². The lowest BCUT2D eigenvalue weighted by molar-refractivity contribution is -0.251. The lowest BCUT2D eigenvalue weighted by Gasteiger charge is -2.43. The number of aliphatic imine (C=N–C) groups is 1. The van der Waals surface area contributed by atoms with E-state index in [1.54, 1.807) is 0 Å². The number of ether oxygens (including phenoxy) is 9.